The van der Waals surface area contributed by atoms with E-state index in [1.807, 2.05) is 18.2 Å². The minimum Gasteiger partial charge on any atom is -0.465 e. The van der Waals surface area contributed by atoms with Crippen LogP contribution >= 0.6 is 11.6 Å². The summed E-state index contributed by atoms with van der Waals surface area (Å²) in [5, 5.41) is 9.72. The second-order valence-corrected chi connectivity index (χ2v) is 9.75. The Morgan fingerprint density at radius 3 is 2.74 bits per heavy atom. The molecule has 4 aliphatic heterocycles. The topological polar surface area (TPSA) is 96.4 Å². The number of fused-ring (bicyclic) bond motifs is 2. The van der Waals surface area contributed by atoms with E-state index in [9.17, 15) is 19.5 Å². The van der Waals surface area contributed by atoms with Crippen LogP contribution in [0.4, 0.5) is 5.69 Å². The molecule has 2 fully saturated rings. The quantitative estimate of drug-likeness (QED) is 0.379. The number of halogens is 1. The fourth-order valence-electron chi connectivity index (χ4n) is 5.77. The molecule has 0 radical (unpaired) electrons. The Morgan fingerprint density at radius 2 is 1.94 bits per heavy atom. The van der Waals surface area contributed by atoms with Crippen molar-refractivity contribution in [1.29, 1.82) is 0 Å². The smallest absolute Gasteiger partial charge is 0.312 e. The number of benzene rings is 1. The molecule has 8 nitrogen and oxygen atoms in total. The number of hydrogen-bond donors (Lipinski definition) is 1. The number of nitrogens with zero attached hydrogens (tertiary/aromatic N) is 2. The summed E-state index contributed by atoms with van der Waals surface area (Å²) in [4.78, 5) is 44.3. The van der Waals surface area contributed by atoms with Gasteiger partial charge in [-0.3, -0.25) is 14.4 Å². The van der Waals surface area contributed by atoms with Crippen molar-refractivity contribution in [2.45, 2.75) is 43.4 Å². The van der Waals surface area contributed by atoms with Crippen molar-refractivity contribution in [2.75, 3.05) is 31.2 Å². The third-order valence-corrected chi connectivity index (χ3v) is 7.62. The number of carbonyl (C=O) groups is 3. The highest BCUT2D eigenvalue weighted by Gasteiger charge is 2.71. The van der Waals surface area contributed by atoms with E-state index in [0.29, 0.717) is 30.0 Å². The number of carbonyl (C=O) groups excluding carboxylic acids is 3. The molecule has 4 heterocycles. The fourth-order valence-corrected chi connectivity index (χ4v) is 6.01. The van der Waals surface area contributed by atoms with Crippen LogP contribution < -0.4 is 4.90 Å². The van der Waals surface area contributed by atoms with Crippen molar-refractivity contribution in [3.63, 3.8) is 0 Å². The van der Waals surface area contributed by atoms with Crippen LogP contribution in [0.1, 0.15) is 25.7 Å². The Morgan fingerprint density at radius 1 is 1.11 bits per heavy atom. The van der Waals surface area contributed by atoms with E-state index in [0.717, 1.165) is 6.42 Å². The summed E-state index contributed by atoms with van der Waals surface area (Å²) >= 11 is 6.44. The third-order valence-electron chi connectivity index (χ3n) is 7.30. The monoisotopic (exact) mass is 500 g/mol. The Kier molecular flexibility index (Phi) is 6.70. The molecule has 1 unspecified atom stereocenters. The number of likely N-dealkylation sites (tertiary alicyclic amines) is 1. The summed E-state index contributed by atoms with van der Waals surface area (Å²) in [5.74, 6) is -2.81. The van der Waals surface area contributed by atoms with Crippen LogP contribution in [0.3, 0.4) is 0 Å². The number of esters is 1. The lowest BCUT2D eigenvalue weighted by Crippen LogP contribution is -2.55. The van der Waals surface area contributed by atoms with Gasteiger partial charge in [-0.1, -0.05) is 48.0 Å². The third kappa shape index (κ3) is 3.97. The SMILES string of the molecule is O=C1OCCC/C=C\[C@@H]2O[C@]34C=CCN(c5ccccc5Cl)C(=O)C3N(CCCCO)C(=O)[C@@H]4[C@H]12. The highest BCUT2D eigenvalue weighted by atomic mass is 35.5. The Labute approximate surface area is 209 Å². The molecule has 1 aromatic carbocycles. The summed E-state index contributed by atoms with van der Waals surface area (Å²) in [7, 11) is 0. The number of ether oxygens (including phenoxy) is 2. The number of amides is 2. The van der Waals surface area contributed by atoms with Gasteiger partial charge in [-0.05, 0) is 37.8 Å². The van der Waals surface area contributed by atoms with Crippen molar-refractivity contribution >= 4 is 35.1 Å². The predicted octanol–water partition coefficient (Wildman–Crippen LogP) is 2.49. The van der Waals surface area contributed by atoms with Crippen LogP contribution in [0.15, 0.2) is 48.6 Å². The molecule has 9 heteroatoms. The number of aliphatic hydroxyl groups excluding tert-OH is 1. The lowest BCUT2D eigenvalue weighted by molar-refractivity contribution is -0.154. The van der Waals surface area contributed by atoms with E-state index in [2.05, 4.69) is 0 Å². The van der Waals surface area contributed by atoms with Gasteiger partial charge in [0, 0.05) is 19.7 Å². The Balaban J connectivity index is 1.60. The summed E-state index contributed by atoms with van der Waals surface area (Å²) in [5.41, 5.74) is -0.756. The highest BCUT2D eigenvalue weighted by Crippen LogP contribution is 2.53. The number of anilines is 1. The van der Waals surface area contributed by atoms with Gasteiger partial charge < -0.3 is 24.4 Å². The maximum absolute atomic E-state index is 14.2. The molecule has 0 saturated carbocycles. The maximum atomic E-state index is 14.2. The van der Waals surface area contributed by atoms with Gasteiger partial charge in [0.25, 0.3) is 5.91 Å². The summed E-state index contributed by atoms with van der Waals surface area (Å²) in [6.07, 6.45) is 9.17. The molecule has 0 aromatic heterocycles. The molecular formula is C26H29ClN2O6. The Hall–Kier alpha value is -2.68. The van der Waals surface area contributed by atoms with Crippen LogP contribution in [0.5, 0.6) is 0 Å². The highest BCUT2D eigenvalue weighted by molar-refractivity contribution is 6.34. The van der Waals surface area contributed by atoms with Crippen LogP contribution in [0.2, 0.25) is 5.02 Å². The number of allylic oxidation sites excluding steroid dienone is 1. The van der Waals surface area contributed by atoms with Crippen molar-refractivity contribution in [3.05, 3.63) is 53.6 Å². The molecule has 0 aliphatic carbocycles. The lowest BCUT2D eigenvalue weighted by Gasteiger charge is -2.35. The Bertz CT molecular complexity index is 1070. The molecule has 4 aliphatic rings. The van der Waals surface area contributed by atoms with E-state index in [4.69, 9.17) is 21.1 Å². The molecule has 5 rings (SSSR count). The van der Waals surface area contributed by atoms with Gasteiger partial charge in [0.2, 0.25) is 5.91 Å². The van der Waals surface area contributed by atoms with Crippen molar-refractivity contribution in [2.24, 2.45) is 11.8 Å². The van der Waals surface area contributed by atoms with E-state index >= 15 is 0 Å². The lowest BCUT2D eigenvalue weighted by atomic mass is 9.78. The predicted molar refractivity (Wildman–Crippen MR) is 129 cm³/mol. The molecule has 1 aromatic rings. The van der Waals surface area contributed by atoms with Gasteiger partial charge in [-0.2, -0.15) is 0 Å². The summed E-state index contributed by atoms with van der Waals surface area (Å²) < 4.78 is 12.1. The summed E-state index contributed by atoms with van der Waals surface area (Å²) in [6, 6.07) is 6.11. The minimum absolute atomic E-state index is 0.0147. The van der Waals surface area contributed by atoms with Gasteiger partial charge in [-0.25, -0.2) is 0 Å². The zero-order chi connectivity index (χ0) is 24.6. The molecule has 2 amide bonds. The van der Waals surface area contributed by atoms with Crippen molar-refractivity contribution in [3.8, 4) is 0 Å². The number of rotatable bonds is 5. The number of aliphatic hydroxyl groups is 1. The van der Waals surface area contributed by atoms with E-state index in [-0.39, 0.29) is 38.1 Å². The largest absolute Gasteiger partial charge is 0.465 e. The standard InChI is InChI=1S/C26H29ClN2O6/c27-17-9-3-4-10-18(17)28-14-8-12-26-21(20-19(35-26)11-2-1-7-16-34-25(20)33)23(31)29(13-5-6-15-30)22(26)24(28)32/h2-4,8-12,19-22,30H,1,5-7,13-16H2/b11-2-/t19-,20+,21-,22?,26-/m0/s1. The van der Waals surface area contributed by atoms with Crippen molar-refractivity contribution in [1.82, 2.24) is 4.90 Å². The molecule has 186 valence electrons. The first kappa shape index (κ1) is 24.0. The molecule has 0 bridgehead atoms. The first-order chi connectivity index (χ1) is 17.0. The van der Waals surface area contributed by atoms with E-state index < -0.39 is 35.6 Å². The molecule has 5 atom stereocenters. The second-order valence-electron chi connectivity index (χ2n) is 9.34. The average Bonchev–Trinajstić information content (AvgIpc) is 3.25. The molecule has 1 spiro atoms. The zero-order valence-electron chi connectivity index (χ0n) is 19.3. The molecule has 1 N–H and O–H groups in total. The van der Waals surface area contributed by atoms with Gasteiger partial charge in [-0.15, -0.1) is 0 Å². The number of unbranched alkanes of at least 4 members (excludes halogenated alkanes) is 1. The number of para-hydroxylation sites is 1. The van der Waals surface area contributed by atoms with E-state index in [1.165, 1.54) is 4.90 Å². The molecule has 35 heavy (non-hydrogen) atoms. The van der Waals surface area contributed by atoms with Crippen molar-refractivity contribution < 1.29 is 29.0 Å². The number of cyclic esters (lactones) is 1. The normalized spacial score (nSPS) is 33.3. The maximum Gasteiger partial charge on any atom is 0.312 e. The number of hydrogen-bond acceptors (Lipinski definition) is 6. The van der Waals surface area contributed by atoms with Gasteiger partial charge in [0.1, 0.15) is 17.6 Å². The average molecular weight is 501 g/mol. The first-order valence-corrected chi connectivity index (χ1v) is 12.5. The van der Waals surface area contributed by atoms with Crippen LogP contribution in [0.25, 0.3) is 0 Å². The fraction of sp³-hybridized carbons (Fsp3) is 0.500. The van der Waals surface area contributed by atoms with Crippen LogP contribution in [-0.4, -0.2) is 71.8 Å². The second kappa shape index (κ2) is 9.76. The molecule has 2 saturated heterocycles. The molecular weight excluding hydrogens is 472 g/mol. The first-order valence-electron chi connectivity index (χ1n) is 12.2. The van der Waals surface area contributed by atoms with E-state index in [1.54, 1.807) is 35.2 Å². The van der Waals surface area contributed by atoms with Crippen LogP contribution in [-0.2, 0) is 23.9 Å². The minimum atomic E-state index is -1.30. The van der Waals surface area contributed by atoms with Gasteiger partial charge >= 0.3 is 5.97 Å². The van der Waals surface area contributed by atoms with Gasteiger partial charge in [0.05, 0.1) is 29.3 Å². The van der Waals surface area contributed by atoms with Crippen LogP contribution in [0, 0.1) is 11.8 Å². The van der Waals surface area contributed by atoms with Gasteiger partial charge in [0.15, 0.2) is 0 Å². The summed E-state index contributed by atoms with van der Waals surface area (Å²) in [6.45, 7) is 0.785. The zero-order valence-corrected chi connectivity index (χ0v) is 20.1.